The molecule has 1 aromatic carbocycles. The molecule has 6 nitrogen and oxygen atoms in total. The Bertz CT molecular complexity index is 705. The van der Waals surface area contributed by atoms with Gasteiger partial charge in [0, 0.05) is 30.9 Å². The third kappa shape index (κ3) is 4.27. The number of ether oxygens (including phenoxy) is 2. The molecule has 0 aliphatic carbocycles. The molecule has 1 aliphatic rings. The average molecular weight is 331 g/mol. The first-order valence-electron chi connectivity index (χ1n) is 7.68. The fourth-order valence-electron chi connectivity index (χ4n) is 2.33. The van der Waals surface area contributed by atoms with Crippen molar-refractivity contribution in [3.63, 3.8) is 0 Å². The molecule has 0 saturated carbocycles. The van der Waals surface area contributed by atoms with E-state index in [0.29, 0.717) is 37.0 Å². The van der Waals surface area contributed by atoms with Crippen LogP contribution >= 0.6 is 0 Å². The fraction of sp³-hybridized carbons (Fsp3) is 0.294. The molecule has 1 saturated heterocycles. The molecule has 2 aromatic rings. The van der Waals surface area contributed by atoms with Crippen molar-refractivity contribution in [2.24, 2.45) is 0 Å². The monoisotopic (exact) mass is 331 g/mol. The Labute approximate surface area is 139 Å². The van der Waals surface area contributed by atoms with Crippen LogP contribution in [0.25, 0.3) is 0 Å². The highest BCUT2D eigenvalue weighted by atomic mass is 19.1. The number of amides is 1. The number of nitrogens with one attached hydrogen (secondary N) is 2. The average Bonchev–Trinajstić information content (AvgIpc) is 2.61. The van der Waals surface area contributed by atoms with Gasteiger partial charge in [-0.1, -0.05) is 12.1 Å². The second-order valence-corrected chi connectivity index (χ2v) is 5.33. The van der Waals surface area contributed by atoms with E-state index in [1.165, 1.54) is 12.1 Å². The van der Waals surface area contributed by atoms with Gasteiger partial charge < -0.3 is 20.1 Å². The maximum Gasteiger partial charge on any atom is 0.239 e. The SMILES string of the molecule is O=C(NCc1cccnc1Oc1cccc(F)c1)[C@H]1COCCN1. The molecule has 24 heavy (non-hydrogen) atoms. The standard InChI is InChI=1S/C17H18FN3O3/c18-13-4-1-5-14(9-13)24-17-12(3-2-6-20-17)10-21-16(22)15-11-23-8-7-19-15/h1-6,9,15,19H,7-8,10-11H2,(H,21,22)/t15-/m1/s1. The van der Waals surface area contributed by atoms with Gasteiger partial charge >= 0.3 is 0 Å². The fourth-order valence-corrected chi connectivity index (χ4v) is 2.33. The molecule has 0 radical (unpaired) electrons. The van der Waals surface area contributed by atoms with Crippen LogP contribution in [0.1, 0.15) is 5.56 Å². The predicted octanol–water partition coefficient (Wildman–Crippen LogP) is 1.62. The van der Waals surface area contributed by atoms with E-state index in [1.54, 1.807) is 30.5 Å². The largest absolute Gasteiger partial charge is 0.439 e. The van der Waals surface area contributed by atoms with Crippen LogP contribution in [-0.2, 0) is 16.1 Å². The van der Waals surface area contributed by atoms with Crippen molar-refractivity contribution < 1.29 is 18.7 Å². The molecule has 1 aromatic heterocycles. The van der Waals surface area contributed by atoms with E-state index in [2.05, 4.69) is 15.6 Å². The Morgan fingerprint density at radius 2 is 2.33 bits per heavy atom. The lowest BCUT2D eigenvalue weighted by molar-refractivity contribution is -0.126. The van der Waals surface area contributed by atoms with Gasteiger partial charge in [0.1, 0.15) is 17.6 Å². The van der Waals surface area contributed by atoms with Crippen molar-refractivity contribution in [2.75, 3.05) is 19.8 Å². The number of hydrogen-bond donors (Lipinski definition) is 2. The minimum absolute atomic E-state index is 0.143. The number of benzene rings is 1. The van der Waals surface area contributed by atoms with Crippen molar-refractivity contribution in [1.82, 2.24) is 15.6 Å². The summed E-state index contributed by atoms with van der Waals surface area (Å²) in [5.41, 5.74) is 0.701. The summed E-state index contributed by atoms with van der Waals surface area (Å²) >= 11 is 0. The molecule has 0 bridgehead atoms. The molecule has 0 spiro atoms. The molecule has 0 unspecified atom stereocenters. The number of carbonyl (C=O) groups excluding carboxylic acids is 1. The summed E-state index contributed by atoms with van der Waals surface area (Å²) in [4.78, 5) is 16.3. The van der Waals surface area contributed by atoms with Crippen LogP contribution in [0.5, 0.6) is 11.6 Å². The first-order valence-corrected chi connectivity index (χ1v) is 7.68. The summed E-state index contributed by atoms with van der Waals surface area (Å²) in [5.74, 6) is 0.150. The number of carbonyl (C=O) groups is 1. The Morgan fingerprint density at radius 3 is 3.12 bits per heavy atom. The number of morpholine rings is 1. The molecule has 126 valence electrons. The van der Waals surface area contributed by atoms with Gasteiger partial charge in [-0.2, -0.15) is 0 Å². The zero-order valence-corrected chi connectivity index (χ0v) is 13.0. The van der Waals surface area contributed by atoms with Crippen LogP contribution in [0.3, 0.4) is 0 Å². The third-order valence-electron chi connectivity index (χ3n) is 3.55. The lowest BCUT2D eigenvalue weighted by Gasteiger charge is -2.23. The molecule has 1 aliphatic heterocycles. The maximum absolute atomic E-state index is 13.3. The highest BCUT2D eigenvalue weighted by Gasteiger charge is 2.21. The molecule has 2 heterocycles. The minimum Gasteiger partial charge on any atom is -0.439 e. The number of halogens is 1. The summed E-state index contributed by atoms with van der Waals surface area (Å²) in [6, 6.07) is 9.01. The highest BCUT2D eigenvalue weighted by Crippen LogP contribution is 2.23. The second-order valence-electron chi connectivity index (χ2n) is 5.33. The number of nitrogens with zero attached hydrogens (tertiary/aromatic N) is 1. The zero-order valence-electron chi connectivity index (χ0n) is 13.0. The molecule has 1 amide bonds. The summed E-state index contributed by atoms with van der Waals surface area (Å²) in [6.45, 7) is 1.87. The number of pyridine rings is 1. The normalized spacial score (nSPS) is 17.3. The van der Waals surface area contributed by atoms with Gasteiger partial charge in [0.2, 0.25) is 11.8 Å². The maximum atomic E-state index is 13.3. The number of rotatable bonds is 5. The van der Waals surface area contributed by atoms with Gasteiger partial charge in [0.25, 0.3) is 0 Å². The molecule has 7 heteroatoms. The van der Waals surface area contributed by atoms with Gasteiger partial charge in [-0.25, -0.2) is 9.37 Å². The van der Waals surface area contributed by atoms with E-state index in [4.69, 9.17) is 9.47 Å². The van der Waals surface area contributed by atoms with Crippen LogP contribution in [0.2, 0.25) is 0 Å². The van der Waals surface area contributed by atoms with E-state index in [1.807, 2.05) is 0 Å². The van der Waals surface area contributed by atoms with Gasteiger partial charge in [0.15, 0.2) is 0 Å². The summed E-state index contributed by atoms with van der Waals surface area (Å²) in [5, 5.41) is 5.92. The molecule has 2 N–H and O–H groups in total. The van der Waals surface area contributed by atoms with E-state index < -0.39 is 0 Å². The van der Waals surface area contributed by atoms with E-state index in [-0.39, 0.29) is 24.3 Å². The summed E-state index contributed by atoms with van der Waals surface area (Å²) in [6.07, 6.45) is 1.58. The first kappa shape index (κ1) is 16.4. The second kappa shape index (κ2) is 7.85. The molecule has 1 atom stereocenters. The highest BCUT2D eigenvalue weighted by molar-refractivity contribution is 5.82. The smallest absolute Gasteiger partial charge is 0.239 e. The molecule has 3 rings (SSSR count). The lowest BCUT2D eigenvalue weighted by Crippen LogP contribution is -2.51. The van der Waals surface area contributed by atoms with Gasteiger partial charge in [-0.15, -0.1) is 0 Å². The number of aromatic nitrogens is 1. The minimum atomic E-state index is -0.387. The first-order chi connectivity index (χ1) is 11.7. The van der Waals surface area contributed by atoms with E-state index in [0.717, 1.165) is 0 Å². The van der Waals surface area contributed by atoms with Gasteiger partial charge in [0.05, 0.1) is 13.2 Å². The third-order valence-corrected chi connectivity index (χ3v) is 3.55. The Kier molecular flexibility index (Phi) is 5.35. The van der Waals surface area contributed by atoms with E-state index in [9.17, 15) is 9.18 Å². The van der Waals surface area contributed by atoms with Crippen molar-refractivity contribution in [1.29, 1.82) is 0 Å². The lowest BCUT2D eigenvalue weighted by atomic mass is 10.2. The van der Waals surface area contributed by atoms with Crippen LogP contribution in [0.15, 0.2) is 42.6 Å². The topological polar surface area (TPSA) is 72.5 Å². The van der Waals surface area contributed by atoms with Crippen LogP contribution < -0.4 is 15.4 Å². The van der Waals surface area contributed by atoms with Crippen LogP contribution in [-0.4, -0.2) is 36.7 Å². The molecular weight excluding hydrogens is 313 g/mol. The van der Waals surface area contributed by atoms with Crippen molar-refractivity contribution in [3.8, 4) is 11.6 Å². The van der Waals surface area contributed by atoms with Crippen molar-refractivity contribution in [2.45, 2.75) is 12.6 Å². The van der Waals surface area contributed by atoms with Crippen molar-refractivity contribution >= 4 is 5.91 Å². The zero-order chi connectivity index (χ0) is 16.8. The number of hydrogen-bond acceptors (Lipinski definition) is 5. The Hall–Kier alpha value is -2.51. The summed E-state index contributed by atoms with van der Waals surface area (Å²) in [7, 11) is 0. The van der Waals surface area contributed by atoms with Crippen LogP contribution in [0, 0.1) is 5.82 Å². The quantitative estimate of drug-likeness (QED) is 0.871. The predicted molar refractivity (Wildman–Crippen MR) is 85.2 cm³/mol. The van der Waals surface area contributed by atoms with Gasteiger partial charge in [-0.3, -0.25) is 4.79 Å². The Morgan fingerprint density at radius 1 is 1.42 bits per heavy atom. The molecule has 1 fully saturated rings. The molecular formula is C17H18FN3O3. The van der Waals surface area contributed by atoms with Crippen LogP contribution in [0.4, 0.5) is 4.39 Å². The van der Waals surface area contributed by atoms with E-state index >= 15 is 0 Å². The van der Waals surface area contributed by atoms with Crippen molar-refractivity contribution in [3.05, 3.63) is 54.0 Å². The Balaban J connectivity index is 1.64. The summed E-state index contributed by atoms with van der Waals surface area (Å²) < 4.78 is 24.2. The van der Waals surface area contributed by atoms with Gasteiger partial charge in [-0.05, 0) is 18.2 Å².